The standard InChI is InChI=1S/C21H16F3N7O/c22-21(23,24)18-17(12-25-30(18)15-7-2-1-3-8-15)20(32)26-14-6-4-5-13(11-14)19-27-28-29-31(19)16-9-10-16/h1-8,11-12,16H,9-10H2,(H,26,32). The van der Waals surface area contributed by atoms with Crippen LogP contribution in [0.5, 0.6) is 0 Å². The minimum absolute atomic E-state index is 0.202. The van der Waals surface area contributed by atoms with Crippen molar-refractivity contribution in [3.05, 3.63) is 72.1 Å². The highest BCUT2D eigenvalue weighted by molar-refractivity contribution is 6.05. The van der Waals surface area contributed by atoms with Crippen molar-refractivity contribution < 1.29 is 18.0 Å². The minimum Gasteiger partial charge on any atom is -0.322 e. The fourth-order valence-corrected chi connectivity index (χ4v) is 3.44. The van der Waals surface area contributed by atoms with Gasteiger partial charge in [-0.3, -0.25) is 4.79 Å². The van der Waals surface area contributed by atoms with E-state index in [1.807, 2.05) is 0 Å². The Balaban J connectivity index is 1.46. The van der Waals surface area contributed by atoms with E-state index in [2.05, 4.69) is 25.9 Å². The molecule has 2 aromatic heterocycles. The van der Waals surface area contributed by atoms with Crippen LogP contribution in [-0.4, -0.2) is 35.9 Å². The van der Waals surface area contributed by atoms with Crippen LogP contribution in [0.25, 0.3) is 17.1 Å². The van der Waals surface area contributed by atoms with Gasteiger partial charge in [0.15, 0.2) is 11.5 Å². The summed E-state index contributed by atoms with van der Waals surface area (Å²) in [7, 11) is 0. The third-order valence-electron chi connectivity index (χ3n) is 5.05. The van der Waals surface area contributed by atoms with Crippen molar-refractivity contribution in [2.24, 2.45) is 0 Å². The van der Waals surface area contributed by atoms with E-state index >= 15 is 0 Å². The highest BCUT2D eigenvalue weighted by Crippen LogP contribution is 2.37. The molecule has 4 aromatic rings. The molecule has 1 fully saturated rings. The monoisotopic (exact) mass is 439 g/mol. The molecule has 1 aliphatic carbocycles. The average Bonchev–Trinajstić information content (AvgIpc) is 3.32. The molecule has 0 aliphatic heterocycles. The number of benzene rings is 2. The third kappa shape index (κ3) is 3.72. The molecular weight excluding hydrogens is 423 g/mol. The smallest absolute Gasteiger partial charge is 0.322 e. The van der Waals surface area contributed by atoms with Crippen molar-refractivity contribution in [1.82, 2.24) is 30.0 Å². The number of amides is 1. The molecule has 11 heteroatoms. The van der Waals surface area contributed by atoms with E-state index < -0.39 is 23.3 Å². The lowest BCUT2D eigenvalue weighted by Gasteiger charge is -2.13. The summed E-state index contributed by atoms with van der Waals surface area (Å²) < 4.78 is 43.9. The first-order chi connectivity index (χ1) is 15.4. The van der Waals surface area contributed by atoms with Gasteiger partial charge in [-0.15, -0.1) is 5.10 Å². The number of anilines is 1. The maximum atomic E-state index is 13.8. The Bertz CT molecular complexity index is 1280. The summed E-state index contributed by atoms with van der Waals surface area (Å²) in [6.45, 7) is 0. The Morgan fingerprint density at radius 2 is 1.84 bits per heavy atom. The lowest BCUT2D eigenvalue weighted by atomic mass is 10.1. The predicted molar refractivity (Wildman–Crippen MR) is 108 cm³/mol. The quantitative estimate of drug-likeness (QED) is 0.505. The number of aromatic nitrogens is 6. The van der Waals surface area contributed by atoms with Crippen molar-refractivity contribution >= 4 is 11.6 Å². The Kier molecular flexibility index (Phi) is 4.72. The second-order valence-electron chi connectivity index (χ2n) is 7.37. The lowest BCUT2D eigenvalue weighted by Crippen LogP contribution is -2.20. The van der Waals surface area contributed by atoms with Crippen LogP contribution in [-0.2, 0) is 6.18 Å². The van der Waals surface area contributed by atoms with Gasteiger partial charge in [0.05, 0.1) is 23.5 Å². The zero-order valence-corrected chi connectivity index (χ0v) is 16.5. The molecule has 5 rings (SSSR count). The second-order valence-corrected chi connectivity index (χ2v) is 7.37. The van der Waals surface area contributed by atoms with Gasteiger partial charge < -0.3 is 5.32 Å². The molecule has 1 saturated carbocycles. The highest BCUT2D eigenvalue weighted by atomic mass is 19.4. The number of halogens is 3. The summed E-state index contributed by atoms with van der Waals surface area (Å²) >= 11 is 0. The molecular formula is C21H16F3N7O. The molecule has 1 aliphatic rings. The topological polar surface area (TPSA) is 90.5 Å². The molecule has 0 saturated heterocycles. The van der Waals surface area contributed by atoms with Gasteiger partial charge in [-0.1, -0.05) is 30.3 Å². The van der Waals surface area contributed by atoms with E-state index in [9.17, 15) is 18.0 Å². The van der Waals surface area contributed by atoms with Crippen LogP contribution in [0.3, 0.4) is 0 Å². The molecule has 2 aromatic carbocycles. The maximum absolute atomic E-state index is 13.8. The first-order valence-corrected chi connectivity index (χ1v) is 9.82. The van der Waals surface area contributed by atoms with Crippen LogP contribution in [0, 0.1) is 0 Å². The number of hydrogen-bond donors (Lipinski definition) is 1. The van der Waals surface area contributed by atoms with Crippen LogP contribution in [0.4, 0.5) is 18.9 Å². The summed E-state index contributed by atoms with van der Waals surface area (Å²) in [6, 6.07) is 14.7. The Morgan fingerprint density at radius 1 is 1.06 bits per heavy atom. The number of alkyl halides is 3. The Morgan fingerprint density at radius 3 is 2.56 bits per heavy atom. The van der Waals surface area contributed by atoms with E-state index in [0.717, 1.165) is 23.7 Å². The average molecular weight is 439 g/mol. The van der Waals surface area contributed by atoms with Crippen LogP contribution in [0.2, 0.25) is 0 Å². The summed E-state index contributed by atoms with van der Waals surface area (Å²) in [5, 5.41) is 18.1. The summed E-state index contributed by atoms with van der Waals surface area (Å²) in [6.07, 6.45) is -1.89. The van der Waals surface area contributed by atoms with Gasteiger partial charge in [0.25, 0.3) is 5.91 Å². The molecule has 1 amide bonds. The van der Waals surface area contributed by atoms with E-state index in [-0.39, 0.29) is 11.7 Å². The molecule has 0 radical (unpaired) electrons. The SMILES string of the molecule is O=C(Nc1cccc(-c2nnnn2C2CC2)c1)c1cnn(-c2ccccc2)c1C(F)(F)F. The zero-order valence-electron chi connectivity index (χ0n) is 16.5. The third-order valence-corrected chi connectivity index (χ3v) is 5.05. The summed E-state index contributed by atoms with van der Waals surface area (Å²) in [4.78, 5) is 12.8. The first-order valence-electron chi connectivity index (χ1n) is 9.82. The number of rotatable bonds is 5. The van der Waals surface area contributed by atoms with E-state index in [1.54, 1.807) is 47.1 Å². The molecule has 1 N–H and O–H groups in total. The van der Waals surface area contributed by atoms with Crippen LogP contribution < -0.4 is 5.32 Å². The van der Waals surface area contributed by atoms with E-state index in [1.165, 1.54) is 12.1 Å². The van der Waals surface area contributed by atoms with Crippen molar-refractivity contribution in [2.75, 3.05) is 5.32 Å². The van der Waals surface area contributed by atoms with Gasteiger partial charge in [-0.25, -0.2) is 9.36 Å². The molecule has 0 atom stereocenters. The number of hydrogen-bond acceptors (Lipinski definition) is 5. The van der Waals surface area contributed by atoms with Crippen LogP contribution >= 0.6 is 0 Å². The van der Waals surface area contributed by atoms with Crippen molar-refractivity contribution in [2.45, 2.75) is 25.1 Å². The van der Waals surface area contributed by atoms with Crippen molar-refractivity contribution in [3.63, 3.8) is 0 Å². The largest absolute Gasteiger partial charge is 0.434 e. The van der Waals surface area contributed by atoms with E-state index in [0.29, 0.717) is 17.1 Å². The van der Waals surface area contributed by atoms with Gasteiger partial charge in [0.2, 0.25) is 0 Å². The molecule has 0 unspecified atom stereocenters. The lowest BCUT2D eigenvalue weighted by molar-refractivity contribution is -0.143. The zero-order chi connectivity index (χ0) is 22.3. The number of nitrogens with one attached hydrogen (secondary N) is 1. The Labute approximate surface area is 179 Å². The normalized spacial score (nSPS) is 13.8. The number of nitrogens with zero attached hydrogens (tertiary/aromatic N) is 6. The number of para-hydroxylation sites is 1. The second kappa shape index (κ2) is 7.59. The van der Waals surface area contributed by atoms with E-state index in [4.69, 9.17) is 0 Å². The van der Waals surface area contributed by atoms with Crippen LogP contribution in [0.1, 0.15) is 34.9 Å². The predicted octanol–water partition coefficient (Wildman–Crippen LogP) is 4.13. The highest BCUT2D eigenvalue weighted by Gasteiger charge is 2.40. The maximum Gasteiger partial charge on any atom is 0.434 e. The molecule has 162 valence electrons. The molecule has 0 spiro atoms. The number of tetrazole rings is 1. The molecule has 8 nitrogen and oxygen atoms in total. The Hall–Kier alpha value is -4.02. The minimum atomic E-state index is -4.78. The molecule has 0 bridgehead atoms. The van der Waals surface area contributed by atoms with Crippen molar-refractivity contribution in [3.8, 4) is 17.1 Å². The number of carbonyl (C=O) groups excluding carboxylic acids is 1. The van der Waals surface area contributed by atoms with Crippen LogP contribution in [0.15, 0.2) is 60.8 Å². The van der Waals surface area contributed by atoms with Gasteiger partial charge >= 0.3 is 6.18 Å². The molecule has 32 heavy (non-hydrogen) atoms. The number of carbonyl (C=O) groups is 1. The van der Waals surface area contributed by atoms with Gasteiger partial charge in [0, 0.05) is 11.3 Å². The van der Waals surface area contributed by atoms with Gasteiger partial charge in [-0.05, 0) is 47.5 Å². The molecule has 2 heterocycles. The first kappa shape index (κ1) is 19.9. The van der Waals surface area contributed by atoms with Gasteiger partial charge in [-0.2, -0.15) is 18.3 Å². The fraction of sp³-hybridized carbons (Fsp3) is 0.190. The summed E-state index contributed by atoms with van der Waals surface area (Å²) in [5.74, 6) is -0.380. The fourth-order valence-electron chi connectivity index (χ4n) is 3.44. The van der Waals surface area contributed by atoms with Crippen molar-refractivity contribution in [1.29, 1.82) is 0 Å². The summed E-state index contributed by atoms with van der Waals surface area (Å²) in [5.41, 5.74) is -0.549. The van der Waals surface area contributed by atoms with Gasteiger partial charge in [0.1, 0.15) is 0 Å².